The van der Waals surface area contributed by atoms with E-state index in [-0.39, 0.29) is 22.9 Å². The highest BCUT2D eigenvalue weighted by atomic mass is 32.2. The molecule has 2 aromatic carbocycles. The molecule has 0 aliphatic carbocycles. The van der Waals surface area contributed by atoms with Crippen LogP contribution in [0.2, 0.25) is 0 Å². The van der Waals surface area contributed by atoms with Gasteiger partial charge in [-0.3, -0.25) is 4.79 Å². The first-order valence-electron chi connectivity index (χ1n) is 10.9. The van der Waals surface area contributed by atoms with Crippen molar-refractivity contribution in [1.29, 1.82) is 0 Å². The normalized spacial score (nSPS) is 11.8. The van der Waals surface area contributed by atoms with Crippen LogP contribution in [-0.2, 0) is 11.4 Å². The molecule has 1 amide bonds. The number of hydrogen-bond donors (Lipinski definition) is 2. The predicted molar refractivity (Wildman–Crippen MR) is 133 cm³/mol. The number of carbonyl (C=O) groups is 1. The van der Waals surface area contributed by atoms with Crippen molar-refractivity contribution in [3.8, 4) is 22.8 Å². The molecule has 2 aromatic heterocycles. The fourth-order valence-corrected chi connectivity index (χ4v) is 4.28. The number of anilines is 1. The third-order valence-corrected chi connectivity index (χ3v) is 6.52. The fraction of sp³-hybridized carbons (Fsp3) is 0.115. The van der Waals surface area contributed by atoms with E-state index >= 15 is 0 Å². The largest absolute Gasteiger partial charge is 0.593 e. The Balaban J connectivity index is 1.79. The lowest BCUT2D eigenvalue weighted by Crippen LogP contribution is -2.19. The van der Waals surface area contributed by atoms with Crippen LogP contribution in [0.3, 0.4) is 0 Å². The van der Waals surface area contributed by atoms with Crippen molar-refractivity contribution >= 4 is 23.0 Å². The zero-order valence-corrected chi connectivity index (χ0v) is 20.8. The molecule has 2 heterocycles. The number of nitrogens with one attached hydrogen (secondary N) is 2. The maximum atomic E-state index is 14.0. The van der Waals surface area contributed by atoms with Gasteiger partial charge in [0, 0.05) is 30.6 Å². The molecule has 0 radical (unpaired) electrons. The lowest BCUT2D eigenvalue weighted by molar-refractivity contribution is 0.102. The average Bonchev–Trinajstić information content (AvgIpc) is 2.87. The smallest absolute Gasteiger partial charge is 0.261 e. The maximum Gasteiger partial charge on any atom is 0.261 e. The van der Waals surface area contributed by atoms with Crippen molar-refractivity contribution in [2.75, 3.05) is 12.4 Å². The van der Waals surface area contributed by atoms with Crippen LogP contribution >= 0.6 is 0 Å². The molecule has 4 rings (SSSR count). The van der Waals surface area contributed by atoms with Gasteiger partial charge in [0.15, 0.2) is 22.3 Å². The van der Waals surface area contributed by atoms with Crippen LogP contribution in [0.4, 0.5) is 18.9 Å². The zero-order chi connectivity index (χ0) is 26.7. The van der Waals surface area contributed by atoms with E-state index in [0.29, 0.717) is 27.3 Å². The van der Waals surface area contributed by atoms with E-state index in [2.05, 4.69) is 20.0 Å². The number of nitrogens with zero attached hydrogens (tertiary/aromatic N) is 2. The van der Waals surface area contributed by atoms with E-state index in [1.54, 1.807) is 31.2 Å². The second kappa shape index (κ2) is 11.0. The first-order valence-corrected chi connectivity index (χ1v) is 12.1. The molecule has 0 spiro atoms. The summed E-state index contributed by atoms with van der Waals surface area (Å²) in [6.45, 7) is 3.15. The molecule has 1 atom stereocenters. The Morgan fingerprint density at radius 1 is 1.03 bits per heavy atom. The van der Waals surface area contributed by atoms with Crippen molar-refractivity contribution in [3.63, 3.8) is 0 Å². The predicted octanol–water partition coefficient (Wildman–Crippen LogP) is 5.46. The molecule has 0 bridgehead atoms. The summed E-state index contributed by atoms with van der Waals surface area (Å²) in [5.41, 5.74) is 1.64. The number of aryl methyl sites for hydroxylation is 1. The number of carbonyl (C=O) groups excluding carboxylic acids is 1. The van der Waals surface area contributed by atoms with Crippen molar-refractivity contribution < 1.29 is 27.3 Å². The molecule has 0 saturated carbocycles. The summed E-state index contributed by atoms with van der Waals surface area (Å²) in [4.78, 5) is 21.9. The highest BCUT2D eigenvalue weighted by Gasteiger charge is 2.23. The summed E-state index contributed by atoms with van der Waals surface area (Å²) in [7, 11) is 1.54. The highest BCUT2D eigenvalue weighted by Crippen LogP contribution is 2.34. The third-order valence-electron chi connectivity index (χ3n) is 5.46. The Kier molecular flexibility index (Phi) is 7.77. The Bertz CT molecular complexity index is 1490. The molecule has 37 heavy (non-hydrogen) atoms. The Morgan fingerprint density at radius 3 is 2.51 bits per heavy atom. The van der Waals surface area contributed by atoms with Gasteiger partial charge in [0.05, 0.1) is 17.1 Å². The Labute approximate surface area is 214 Å². The van der Waals surface area contributed by atoms with E-state index in [9.17, 15) is 22.5 Å². The molecule has 0 saturated heterocycles. The quantitative estimate of drug-likeness (QED) is 0.245. The number of hydrogen-bond acceptors (Lipinski definition) is 6. The molecule has 0 aliphatic heterocycles. The van der Waals surface area contributed by atoms with Crippen molar-refractivity contribution in [2.45, 2.75) is 18.7 Å². The Morgan fingerprint density at radius 2 is 1.81 bits per heavy atom. The molecule has 190 valence electrons. The lowest BCUT2D eigenvalue weighted by atomic mass is 9.98. The van der Waals surface area contributed by atoms with Crippen LogP contribution < -0.4 is 14.8 Å². The molecule has 4 aromatic rings. The second-order valence-electron chi connectivity index (χ2n) is 7.88. The van der Waals surface area contributed by atoms with Gasteiger partial charge in [0.2, 0.25) is 11.8 Å². The minimum absolute atomic E-state index is 0.00565. The van der Waals surface area contributed by atoms with Gasteiger partial charge in [-0.15, -0.1) is 4.72 Å². The number of rotatable bonds is 7. The van der Waals surface area contributed by atoms with Crippen LogP contribution in [0.25, 0.3) is 11.1 Å². The van der Waals surface area contributed by atoms with E-state index in [0.717, 1.165) is 18.2 Å². The van der Waals surface area contributed by atoms with E-state index in [1.165, 1.54) is 32.3 Å². The van der Waals surface area contributed by atoms with Gasteiger partial charge in [0.25, 0.3) is 5.91 Å². The molecular formula is C26H21F3N4O3S. The summed E-state index contributed by atoms with van der Waals surface area (Å²) in [5.74, 6) is -3.30. The first-order chi connectivity index (χ1) is 17.7. The van der Waals surface area contributed by atoms with Crippen LogP contribution in [0.5, 0.6) is 11.6 Å². The van der Waals surface area contributed by atoms with E-state index < -0.39 is 34.9 Å². The highest BCUT2D eigenvalue weighted by molar-refractivity contribution is 7.89. The van der Waals surface area contributed by atoms with Gasteiger partial charge in [-0.1, -0.05) is 12.1 Å². The fourth-order valence-electron chi connectivity index (χ4n) is 3.61. The van der Waals surface area contributed by atoms with E-state index in [4.69, 9.17) is 4.74 Å². The number of ether oxygens (including phenoxy) is 1. The van der Waals surface area contributed by atoms with Gasteiger partial charge in [-0.2, -0.15) is 4.39 Å². The summed E-state index contributed by atoms with van der Waals surface area (Å²) in [6.07, 6.45) is 1.37. The van der Waals surface area contributed by atoms with Crippen LogP contribution in [0.1, 0.15) is 21.6 Å². The number of benzene rings is 2. The van der Waals surface area contributed by atoms with Gasteiger partial charge in [0.1, 0.15) is 5.56 Å². The van der Waals surface area contributed by atoms with Crippen molar-refractivity contribution in [3.05, 3.63) is 95.2 Å². The average molecular weight is 527 g/mol. The summed E-state index contributed by atoms with van der Waals surface area (Å²) < 4.78 is 61.5. The first kappa shape index (κ1) is 26.1. The van der Waals surface area contributed by atoms with Crippen molar-refractivity contribution in [2.24, 2.45) is 0 Å². The molecule has 2 N–H and O–H groups in total. The van der Waals surface area contributed by atoms with Gasteiger partial charge >= 0.3 is 0 Å². The van der Waals surface area contributed by atoms with Crippen LogP contribution in [0.15, 0.2) is 65.7 Å². The maximum absolute atomic E-state index is 14.0. The third kappa shape index (κ3) is 5.74. The van der Waals surface area contributed by atoms with Crippen LogP contribution in [-0.4, -0.2) is 27.5 Å². The minimum Gasteiger partial charge on any atom is -0.593 e. The summed E-state index contributed by atoms with van der Waals surface area (Å²) >= 11 is -1.47. The van der Waals surface area contributed by atoms with Gasteiger partial charge < -0.3 is 14.6 Å². The molecule has 0 aliphatic rings. The van der Waals surface area contributed by atoms with Crippen molar-refractivity contribution in [1.82, 2.24) is 14.7 Å². The van der Waals surface area contributed by atoms with Gasteiger partial charge in [-0.25, -0.2) is 18.7 Å². The summed E-state index contributed by atoms with van der Waals surface area (Å²) in [5, 5.41) is 2.74. The standard InChI is InChI=1S/C26H21F3N4O3S/c1-14-19(16-7-8-20(27)21(28)11-16)13-31-26(36-22-9-10-23(29)32-15(22)2)24(14)25(34)33-17-5-4-6-18(12-17)37(35)30-3/h4-13,30H,1-3H3,(H,33,34)/t37-/m1/s1. The second-order valence-corrected chi connectivity index (χ2v) is 9.30. The Hall–Kier alpha value is -3.93. The number of halogens is 3. The number of amides is 1. The lowest BCUT2D eigenvalue weighted by Gasteiger charge is -2.17. The zero-order valence-electron chi connectivity index (χ0n) is 19.9. The topological polar surface area (TPSA) is 99.2 Å². The monoisotopic (exact) mass is 526 g/mol. The molecule has 7 nitrogen and oxygen atoms in total. The molecule has 11 heteroatoms. The summed E-state index contributed by atoms with van der Waals surface area (Å²) in [6, 6.07) is 12.3. The minimum atomic E-state index is -1.47. The molecule has 0 unspecified atom stereocenters. The molecular weight excluding hydrogens is 505 g/mol. The van der Waals surface area contributed by atoms with E-state index in [1.807, 2.05) is 0 Å². The SMILES string of the molecule is CN[S@+]([O-])c1cccc(NC(=O)c2c(Oc3ccc(F)nc3C)ncc(-c3ccc(F)c(F)c3)c2C)c1. The van der Waals surface area contributed by atoms with Crippen LogP contribution in [0, 0.1) is 31.4 Å². The molecule has 0 fully saturated rings. The number of aromatic nitrogens is 2. The number of pyridine rings is 2. The van der Waals surface area contributed by atoms with Gasteiger partial charge in [-0.05, 0) is 61.4 Å².